The van der Waals surface area contributed by atoms with Crippen LogP contribution >= 0.6 is 23.2 Å². The number of nitrogens with one attached hydrogen (secondary N) is 1. The van der Waals surface area contributed by atoms with Crippen LogP contribution in [-0.2, 0) is 22.2 Å². The Morgan fingerprint density at radius 1 is 1.00 bits per heavy atom. The van der Waals surface area contributed by atoms with E-state index < -0.39 is 10.0 Å². The maximum absolute atomic E-state index is 12.3. The number of halogens is 2. The van der Waals surface area contributed by atoms with Crippen molar-refractivity contribution in [3.8, 4) is 0 Å². The first-order valence-corrected chi connectivity index (χ1v) is 9.74. The predicted octanol–water partition coefficient (Wildman–Crippen LogP) is 4.74. The molecular formula is C17H19Cl2NO2S. The van der Waals surface area contributed by atoms with Crippen LogP contribution in [0.5, 0.6) is 0 Å². The molecule has 0 aliphatic rings. The normalized spacial score (nSPS) is 13.0. The van der Waals surface area contributed by atoms with Crippen LogP contribution in [0.3, 0.4) is 0 Å². The van der Waals surface area contributed by atoms with Crippen LogP contribution in [0.1, 0.15) is 36.6 Å². The number of hydrogen-bond donors (Lipinski definition) is 1. The Labute approximate surface area is 147 Å². The van der Waals surface area contributed by atoms with Gasteiger partial charge in [-0.25, -0.2) is 13.1 Å². The van der Waals surface area contributed by atoms with E-state index in [0.29, 0.717) is 15.6 Å². The summed E-state index contributed by atoms with van der Waals surface area (Å²) in [5.41, 5.74) is 2.75. The first-order valence-electron chi connectivity index (χ1n) is 7.33. The molecule has 124 valence electrons. The van der Waals surface area contributed by atoms with Crippen molar-refractivity contribution < 1.29 is 8.42 Å². The number of sulfonamides is 1. The molecule has 0 spiro atoms. The van der Waals surface area contributed by atoms with Crippen molar-refractivity contribution in [1.82, 2.24) is 4.72 Å². The fraction of sp³-hybridized carbons (Fsp3) is 0.294. The van der Waals surface area contributed by atoms with E-state index in [-0.39, 0.29) is 11.8 Å². The Balaban J connectivity index is 2.08. The summed E-state index contributed by atoms with van der Waals surface area (Å²) in [4.78, 5) is 0. The second kappa shape index (κ2) is 7.67. The van der Waals surface area contributed by atoms with Gasteiger partial charge in [-0.2, -0.15) is 0 Å². The minimum Gasteiger partial charge on any atom is -0.212 e. The summed E-state index contributed by atoms with van der Waals surface area (Å²) in [6.45, 7) is 3.91. The molecule has 0 unspecified atom stereocenters. The van der Waals surface area contributed by atoms with Crippen LogP contribution in [0.15, 0.2) is 42.5 Å². The number of benzene rings is 2. The number of hydrogen-bond acceptors (Lipinski definition) is 2. The molecule has 3 nitrogen and oxygen atoms in total. The summed E-state index contributed by atoms with van der Waals surface area (Å²) in [6.07, 6.45) is 0.956. The summed E-state index contributed by atoms with van der Waals surface area (Å²) in [5.74, 6) is -0.138. The summed E-state index contributed by atoms with van der Waals surface area (Å²) in [6, 6.07) is 12.5. The first kappa shape index (κ1) is 18.3. The van der Waals surface area contributed by atoms with Crippen LogP contribution in [0.2, 0.25) is 10.0 Å². The van der Waals surface area contributed by atoms with Gasteiger partial charge in [0, 0.05) is 6.04 Å². The van der Waals surface area contributed by atoms with Crippen molar-refractivity contribution in [3.05, 3.63) is 69.2 Å². The van der Waals surface area contributed by atoms with Gasteiger partial charge in [-0.1, -0.05) is 60.5 Å². The summed E-state index contributed by atoms with van der Waals surface area (Å²) in [5, 5.41) is 0.757. The smallest absolute Gasteiger partial charge is 0.212 e. The van der Waals surface area contributed by atoms with Crippen molar-refractivity contribution >= 4 is 33.2 Å². The second-order valence-electron chi connectivity index (χ2n) is 5.44. The van der Waals surface area contributed by atoms with Crippen LogP contribution < -0.4 is 4.72 Å². The lowest BCUT2D eigenvalue weighted by atomic mass is 10.1. The van der Waals surface area contributed by atoms with E-state index in [9.17, 15) is 8.42 Å². The standard InChI is InChI=1S/C17H19Cl2NO2S/c1-3-13-4-7-15(8-5-13)12(2)20-23(21,22)11-14-6-9-16(18)17(19)10-14/h4-10,12,20H,3,11H2,1-2H3/t12-/m1/s1. The van der Waals surface area contributed by atoms with Gasteiger partial charge in [-0.15, -0.1) is 0 Å². The Bertz CT molecular complexity index is 774. The van der Waals surface area contributed by atoms with Gasteiger partial charge >= 0.3 is 0 Å². The molecule has 1 atom stereocenters. The molecule has 23 heavy (non-hydrogen) atoms. The van der Waals surface area contributed by atoms with Gasteiger partial charge in [0.25, 0.3) is 0 Å². The molecule has 2 aromatic rings. The SMILES string of the molecule is CCc1ccc([C@@H](C)NS(=O)(=O)Cc2ccc(Cl)c(Cl)c2)cc1. The third kappa shape index (κ3) is 5.21. The van der Waals surface area contributed by atoms with Crippen molar-refractivity contribution in [3.63, 3.8) is 0 Å². The lowest BCUT2D eigenvalue weighted by molar-refractivity contribution is 0.566. The predicted molar refractivity (Wildman–Crippen MR) is 96.5 cm³/mol. The number of rotatable bonds is 6. The molecule has 1 N–H and O–H groups in total. The van der Waals surface area contributed by atoms with E-state index in [1.807, 2.05) is 31.2 Å². The zero-order chi connectivity index (χ0) is 17.0. The van der Waals surface area contributed by atoms with E-state index in [1.165, 1.54) is 5.56 Å². The molecule has 2 aromatic carbocycles. The lowest BCUT2D eigenvalue weighted by Crippen LogP contribution is -2.28. The van der Waals surface area contributed by atoms with Crippen molar-refractivity contribution in [2.75, 3.05) is 0 Å². The quantitative estimate of drug-likeness (QED) is 0.796. The van der Waals surface area contributed by atoms with Gasteiger partial charge in [0.2, 0.25) is 10.0 Å². The highest BCUT2D eigenvalue weighted by molar-refractivity contribution is 7.88. The van der Waals surface area contributed by atoms with Crippen LogP contribution in [0, 0.1) is 0 Å². The minimum absolute atomic E-state index is 0.138. The van der Waals surface area contributed by atoms with Crippen molar-refractivity contribution in [2.24, 2.45) is 0 Å². The van der Waals surface area contributed by atoms with E-state index >= 15 is 0 Å². The average molecular weight is 372 g/mol. The third-order valence-electron chi connectivity index (χ3n) is 3.59. The van der Waals surface area contributed by atoms with E-state index in [1.54, 1.807) is 18.2 Å². The molecule has 0 aliphatic heterocycles. The molecule has 0 amide bonds. The van der Waals surface area contributed by atoms with E-state index in [2.05, 4.69) is 11.6 Å². The van der Waals surface area contributed by atoms with Gasteiger partial charge in [-0.3, -0.25) is 0 Å². The summed E-state index contributed by atoms with van der Waals surface area (Å²) < 4.78 is 27.3. The summed E-state index contributed by atoms with van der Waals surface area (Å²) >= 11 is 11.8. The topological polar surface area (TPSA) is 46.2 Å². The fourth-order valence-corrected chi connectivity index (χ4v) is 3.97. The second-order valence-corrected chi connectivity index (χ2v) is 8.01. The number of aryl methyl sites for hydroxylation is 1. The molecule has 0 heterocycles. The van der Waals surface area contributed by atoms with E-state index in [4.69, 9.17) is 23.2 Å². The maximum Gasteiger partial charge on any atom is 0.216 e. The Morgan fingerprint density at radius 3 is 2.17 bits per heavy atom. The molecule has 6 heteroatoms. The fourth-order valence-electron chi connectivity index (χ4n) is 2.27. The largest absolute Gasteiger partial charge is 0.216 e. The molecule has 0 bridgehead atoms. The molecule has 0 aliphatic carbocycles. The zero-order valence-electron chi connectivity index (χ0n) is 13.0. The van der Waals surface area contributed by atoms with Crippen molar-refractivity contribution in [1.29, 1.82) is 0 Å². The summed E-state index contributed by atoms with van der Waals surface area (Å²) in [7, 11) is -3.48. The minimum atomic E-state index is -3.48. The van der Waals surface area contributed by atoms with Gasteiger partial charge in [0.1, 0.15) is 0 Å². The van der Waals surface area contributed by atoms with Gasteiger partial charge in [0.15, 0.2) is 0 Å². The average Bonchev–Trinajstić information content (AvgIpc) is 2.50. The van der Waals surface area contributed by atoms with Crippen LogP contribution in [0.4, 0.5) is 0 Å². The molecule has 0 radical (unpaired) electrons. The zero-order valence-corrected chi connectivity index (χ0v) is 15.3. The highest BCUT2D eigenvalue weighted by atomic mass is 35.5. The Kier molecular flexibility index (Phi) is 6.09. The molecule has 0 saturated heterocycles. The molecule has 0 saturated carbocycles. The molecule has 0 aromatic heterocycles. The molecular weight excluding hydrogens is 353 g/mol. The highest BCUT2D eigenvalue weighted by Gasteiger charge is 2.17. The van der Waals surface area contributed by atoms with Gasteiger partial charge < -0.3 is 0 Å². The highest BCUT2D eigenvalue weighted by Crippen LogP contribution is 2.24. The monoisotopic (exact) mass is 371 g/mol. The maximum atomic E-state index is 12.3. The Morgan fingerprint density at radius 2 is 1.61 bits per heavy atom. The van der Waals surface area contributed by atoms with Gasteiger partial charge in [-0.05, 0) is 42.2 Å². The third-order valence-corrected chi connectivity index (χ3v) is 5.75. The first-order chi connectivity index (χ1) is 10.8. The lowest BCUT2D eigenvalue weighted by Gasteiger charge is -2.15. The Hall–Kier alpha value is -1.07. The molecule has 2 rings (SSSR count). The van der Waals surface area contributed by atoms with Crippen LogP contribution in [0.25, 0.3) is 0 Å². The molecule has 0 fully saturated rings. The van der Waals surface area contributed by atoms with Gasteiger partial charge in [0.05, 0.1) is 15.8 Å². The van der Waals surface area contributed by atoms with Crippen LogP contribution in [-0.4, -0.2) is 8.42 Å². The van der Waals surface area contributed by atoms with Crippen molar-refractivity contribution in [2.45, 2.75) is 32.1 Å². The van der Waals surface area contributed by atoms with E-state index in [0.717, 1.165) is 12.0 Å².